The SMILES string of the molecule is CCCCC1=CC(=C/N=C(/Cc2ccccc2)c2ccccc2)C=C(CCCC)C1=O. The van der Waals surface area contributed by atoms with E-state index in [-0.39, 0.29) is 5.78 Å². The molecule has 0 radical (unpaired) electrons. The Morgan fingerprint density at radius 3 is 1.90 bits per heavy atom. The lowest BCUT2D eigenvalue weighted by Gasteiger charge is -2.15. The van der Waals surface area contributed by atoms with Crippen molar-refractivity contribution >= 4 is 11.5 Å². The molecule has 160 valence electrons. The van der Waals surface area contributed by atoms with Crippen LogP contribution in [0.2, 0.25) is 0 Å². The van der Waals surface area contributed by atoms with Crippen LogP contribution in [0, 0.1) is 0 Å². The third kappa shape index (κ3) is 6.75. The van der Waals surface area contributed by atoms with Gasteiger partial charge in [-0.05, 0) is 54.5 Å². The lowest BCUT2D eigenvalue weighted by atomic mass is 9.88. The number of nitrogens with zero attached hydrogens (tertiary/aromatic N) is 1. The van der Waals surface area contributed by atoms with Gasteiger partial charge < -0.3 is 0 Å². The number of rotatable bonds is 10. The van der Waals surface area contributed by atoms with Crippen molar-refractivity contribution in [3.05, 3.63) is 107 Å². The van der Waals surface area contributed by atoms with Crippen molar-refractivity contribution in [2.75, 3.05) is 0 Å². The van der Waals surface area contributed by atoms with Crippen LogP contribution in [0.15, 0.2) is 101 Å². The van der Waals surface area contributed by atoms with Crippen LogP contribution < -0.4 is 0 Å². The molecular weight excluding hydrogens is 378 g/mol. The number of carbonyl (C=O) groups is 1. The topological polar surface area (TPSA) is 29.4 Å². The zero-order chi connectivity index (χ0) is 21.9. The number of aliphatic imine (C=N–C) groups is 1. The Bertz CT molecular complexity index is 948. The molecule has 0 heterocycles. The van der Waals surface area contributed by atoms with Crippen molar-refractivity contribution < 1.29 is 4.79 Å². The van der Waals surface area contributed by atoms with Gasteiger partial charge in [-0.15, -0.1) is 0 Å². The van der Waals surface area contributed by atoms with E-state index in [0.29, 0.717) is 0 Å². The fourth-order valence-corrected chi connectivity index (χ4v) is 3.76. The Hall–Kier alpha value is -3.00. The van der Waals surface area contributed by atoms with E-state index in [1.807, 2.05) is 42.6 Å². The third-order valence-electron chi connectivity index (χ3n) is 5.56. The molecule has 2 heteroatoms. The molecule has 0 N–H and O–H groups in total. The summed E-state index contributed by atoms with van der Waals surface area (Å²) in [7, 11) is 0. The van der Waals surface area contributed by atoms with E-state index in [4.69, 9.17) is 4.99 Å². The molecule has 1 aliphatic rings. The zero-order valence-corrected chi connectivity index (χ0v) is 18.8. The van der Waals surface area contributed by atoms with E-state index in [2.05, 4.69) is 50.2 Å². The Kier molecular flexibility index (Phi) is 8.78. The van der Waals surface area contributed by atoms with Crippen LogP contribution in [0.1, 0.15) is 63.5 Å². The van der Waals surface area contributed by atoms with Gasteiger partial charge in [0.2, 0.25) is 0 Å². The monoisotopic (exact) mass is 411 g/mol. The lowest BCUT2D eigenvalue weighted by molar-refractivity contribution is -0.112. The summed E-state index contributed by atoms with van der Waals surface area (Å²) in [5.74, 6) is 0.232. The number of unbranched alkanes of at least 4 members (excludes halogenated alkanes) is 2. The van der Waals surface area contributed by atoms with Gasteiger partial charge in [0.15, 0.2) is 5.78 Å². The molecule has 0 saturated heterocycles. The van der Waals surface area contributed by atoms with Crippen LogP contribution in [0.5, 0.6) is 0 Å². The molecule has 0 aliphatic heterocycles. The van der Waals surface area contributed by atoms with Gasteiger partial charge in [0.1, 0.15) is 0 Å². The second-order valence-corrected chi connectivity index (χ2v) is 8.11. The predicted octanol–water partition coefficient (Wildman–Crippen LogP) is 7.42. The van der Waals surface area contributed by atoms with E-state index >= 15 is 0 Å². The van der Waals surface area contributed by atoms with Crippen molar-refractivity contribution in [2.45, 2.75) is 58.8 Å². The molecule has 2 nitrogen and oxygen atoms in total. The van der Waals surface area contributed by atoms with Crippen LogP contribution in [0.3, 0.4) is 0 Å². The fraction of sp³-hybridized carbons (Fsp3) is 0.310. The van der Waals surface area contributed by atoms with Gasteiger partial charge in [-0.3, -0.25) is 9.79 Å². The third-order valence-corrected chi connectivity index (χ3v) is 5.56. The number of benzene rings is 2. The minimum Gasteiger partial charge on any atom is -0.289 e. The van der Waals surface area contributed by atoms with Gasteiger partial charge in [0.25, 0.3) is 0 Å². The lowest BCUT2D eigenvalue weighted by Crippen LogP contribution is -2.11. The van der Waals surface area contributed by atoms with E-state index in [1.165, 1.54) is 5.56 Å². The average Bonchev–Trinajstić information content (AvgIpc) is 2.82. The number of Topliss-reactive ketones (excluding diaryl/α,β-unsaturated/α-hetero) is 1. The largest absolute Gasteiger partial charge is 0.289 e. The second-order valence-electron chi connectivity index (χ2n) is 8.11. The second kappa shape index (κ2) is 12.0. The van der Waals surface area contributed by atoms with Gasteiger partial charge >= 0.3 is 0 Å². The highest BCUT2D eigenvalue weighted by Gasteiger charge is 2.19. The molecule has 31 heavy (non-hydrogen) atoms. The summed E-state index contributed by atoms with van der Waals surface area (Å²) in [5.41, 5.74) is 6.28. The fourth-order valence-electron chi connectivity index (χ4n) is 3.76. The maximum atomic E-state index is 12.9. The summed E-state index contributed by atoms with van der Waals surface area (Å²) in [5, 5.41) is 0. The van der Waals surface area contributed by atoms with E-state index in [9.17, 15) is 4.79 Å². The molecular formula is C29H33NO. The first-order chi connectivity index (χ1) is 15.2. The van der Waals surface area contributed by atoms with Crippen molar-refractivity contribution in [1.82, 2.24) is 0 Å². The summed E-state index contributed by atoms with van der Waals surface area (Å²) >= 11 is 0. The highest BCUT2D eigenvalue weighted by Crippen LogP contribution is 2.26. The number of allylic oxidation sites excluding steroid dienone is 5. The number of hydrogen-bond donors (Lipinski definition) is 0. The van der Waals surface area contributed by atoms with Crippen LogP contribution in [0.4, 0.5) is 0 Å². The average molecular weight is 412 g/mol. The summed E-state index contributed by atoms with van der Waals surface area (Å²) in [4.78, 5) is 17.8. The Morgan fingerprint density at radius 2 is 1.35 bits per heavy atom. The van der Waals surface area contributed by atoms with Crippen LogP contribution in [-0.2, 0) is 11.2 Å². The van der Waals surface area contributed by atoms with Crippen molar-refractivity contribution in [1.29, 1.82) is 0 Å². The van der Waals surface area contributed by atoms with Crippen LogP contribution >= 0.6 is 0 Å². The smallest absolute Gasteiger partial charge is 0.185 e. The normalized spacial score (nSPS) is 14.3. The molecule has 1 aliphatic carbocycles. The summed E-state index contributed by atoms with van der Waals surface area (Å²) < 4.78 is 0. The molecule has 0 fully saturated rings. The van der Waals surface area contributed by atoms with Gasteiger partial charge in [-0.2, -0.15) is 0 Å². The maximum Gasteiger partial charge on any atom is 0.185 e. The molecule has 0 unspecified atom stereocenters. The molecule has 2 aromatic carbocycles. The Balaban J connectivity index is 1.95. The standard InChI is InChI=1S/C29H33NO/c1-3-5-15-26-19-24(20-27(29(26)31)16-6-4-2)22-30-28(25-17-11-8-12-18-25)21-23-13-9-7-10-14-23/h7-14,17-20,22H,3-6,15-16,21H2,1-2H3/b30-28-. The van der Waals surface area contributed by atoms with Gasteiger partial charge in [-0.25, -0.2) is 0 Å². The number of ketones is 1. The first kappa shape index (κ1) is 22.7. The summed E-state index contributed by atoms with van der Waals surface area (Å²) in [6.45, 7) is 4.33. The van der Waals surface area contributed by atoms with Crippen LogP contribution in [0.25, 0.3) is 0 Å². The van der Waals surface area contributed by atoms with Crippen molar-refractivity contribution in [3.63, 3.8) is 0 Å². The van der Waals surface area contributed by atoms with Crippen LogP contribution in [-0.4, -0.2) is 11.5 Å². The van der Waals surface area contributed by atoms with E-state index in [0.717, 1.165) is 72.9 Å². The number of hydrogen-bond acceptors (Lipinski definition) is 2. The quantitative estimate of drug-likeness (QED) is 0.374. The molecule has 2 aromatic rings. The van der Waals surface area contributed by atoms with Gasteiger partial charge in [0, 0.05) is 23.8 Å². The zero-order valence-electron chi connectivity index (χ0n) is 18.8. The molecule has 0 spiro atoms. The molecule has 0 saturated carbocycles. The minimum atomic E-state index is 0.232. The molecule has 0 bridgehead atoms. The van der Waals surface area contributed by atoms with Crippen molar-refractivity contribution in [3.8, 4) is 0 Å². The highest BCUT2D eigenvalue weighted by atomic mass is 16.1. The first-order valence-corrected chi connectivity index (χ1v) is 11.5. The predicted molar refractivity (Wildman–Crippen MR) is 131 cm³/mol. The maximum absolute atomic E-state index is 12.9. The molecule has 0 atom stereocenters. The highest BCUT2D eigenvalue weighted by molar-refractivity contribution is 6.10. The molecule has 3 rings (SSSR count). The summed E-state index contributed by atoms with van der Waals surface area (Å²) in [6, 6.07) is 20.8. The summed E-state index contributed by atoms with van der Waals surface area (Å²) in [6.07, 6.45) is 12.7. The van der Waals surface area contributed by atoms with E-state index in [1.54, 1.807) is 0 Å². The van der Waals surface area contributed by atoms with E-state index < -0.39 is 0 Å². The van der Waals surface area contributed by atoms with Gasteiger partial charge in [0.05, 0.1) is 5.71 Å². The minimum absolute atomic E-state index is 0.232. The molecule has 0 aromatic heterocycles. The Morgan fingerprint density at radius 1 is 0.806 bits per heavy atom. The Labute approximate surface area is 187 Å². The van der Waals surface area contributed by atoms with Crippen molar-refractivity contribution in [2.24, 2.45) is 4.99 Å². The van der Waals surface area contributed by atoms with Gasteiger partial charge in [-0.1, -0.05) is 87.4 Å². The first-order valence-electron chi connectivity index (χ1n) is 11.5. The number of carbonyl (C=O) groups excluding carboxylic acids is 1. The molecule has 0 amide bonds.